The molecule has 2 aliphatic heterocycles. The van der Waals surface area contributed by atoms with Crippen LogP contribution >= 0.6 is 11.8 Å². The minimum absolute atomic E-state index is 0.0754. The molecular formula is C20H19N3O4S. The molecule has 4 heterocycles. The SMILES string of the molecule is O=C1S/C(=C\c2ccco2)C(=O)N1CC(=O)N1CCCCC1c1cccnc1. The number of piperidine rings is 1. The number of amides is 3. The number of rotatable bonds is 4. The summed E-state index contributed by atoms with van der Waals surface area (Å²) in [6.07, 6.45) is 9.26. The lowest BCUT2D eigenvalue weighted by Crippen LogP contribution is -2.45. The van der Waals surface area contributed by atoms with Gasteiger partial charge in [-0.15, -0.1) is 0 Å². The van der Waals surface area contributed by atoms with Gasteiger partial charge >= 0.3 is 0 Å². The molecule has 0 bridgehead atoms. The van der Waals surface area contributed by atoms with E-state index in [1.807, 2.05) is 12.1 Å². The average molecular weight is 397 g/mol. The van der Waals surface area contributed by atoms with E-state index in [0.29, 0.717) is 12.3 Å². The summed E-state index contributed by atoms with van der Waals surface area (Å²) in [5.74, 6) is -0.200. The van der Waals surface area contributed by atoms with Gasteiger partial charge in [-0.3, -0.25) is 24.3 Å². The van der Waals surface area contributed by atoms with Crippen LogP contribution in [0.3, 0.4) is 0 Å². The van der Waals surface area contributed by atoms with Gasteiger partial charge in [-0.2, -0.15) is 0 Å². The summed E-state index contributed by atoms with van der Waals surface area (Å²) < 4.78 is 5.20. The Bertz CT molecular complexity index is 911. The van der Waals surface area contributed by atoms with Crippen LogP contribution in [-0.4, -0.2) is 44.9 Å². The molecule has 1 atom stereocenters. The molecule has 0 radical (unpaired) electrons. The highest BCUT2D eigenvalue weighted by molar-refractivity contribution is 8.18. The van der Waals surface area contributed by atoms with Crippen LogP contribution in [0, 0.1) is 0 Å². The lowest BCUT2D eigenvalue weighted by Gasteiger charge is -2.36. The second-order valence-electron chi connectivity index (χ2n) is 6.67. The van der Waals surface area contributed by atoms with E-state index < -0.39 is 11.1 Å². The summed E-state index contributed by atoms with van der Waals surface area (Å²) in [7, 11) is 0. The van der Waals surface area contributed by atoms with Crippen molar-refractivity contribution in [3.8, 4) is 0 Å². The fourth-order valence-corrected chi connectivity index (χ4v) is 4.33. The van der Waals surface area contributed by atoms with Gasteiger partial charge in [-0.05, 0) is 54.8 Å². The van der Waals surface area contributed by atoms with E-state index in [0.717, 1.165) is 41.5 Å². The first kappa shape index (κ1) is 18.5. The number of carbonyl (C=O) groups excluding carboxylic acids is 3. The van der Waals surface area contributed by atoms with Crippen molar-refractivity contribution in [2.24, 2.45) is 0 Å². The first-order valence-corrected chi connectivity index (χ1v) is 9.93. The number of furan rings is 1. The van der Waals surface area contributed by atoms with Crippen molar-refractivity contribution in [1.29, 1.82) is 0 Å². The zero-order chi connectivity index (χ0) is 19.5. The van der Waals surface area contributed by atoms with E-state index >= 15 is 0 Å². The van der Waals surface area contributed by atoms with Crippen LogP contribution in [0.25, 0.3) is 6.08 Å². The van der Waals surface area contributed by atoms with E-state index in [2.05, 4.69) is 4.98 Å². The molecule has 0 aliphatic carbocycles. The molecule has 144 valence electrons. The molecule has 7 nitrogen and oxygen atoms in total. The second kappa shape index (κ2) is 8.02. The third kappa shape index (κ3) is 3.73. The van der Waals surface area contributed by atoms with Crippen LogP contribution < -0.4 is 0 Å². The van der Waals surface area contributed by atoms with Gasteiger partial charge in [0.05, 0.1) is 17.2 Å². The summed E-state index contributed by atoms with van der Waals surface area (Å²) in [5, 5.41) is -0.439. The van der Waals surface area contributed by atoms with Gasteiger partial charge in [-0.25, -0.2) is 0 Å². The number of nitrogens with zero attached hydrogens (tertiary/aromatic N) is 3. The molecule has 8 heteroatoms. The van der Waals surface area contributed by atoms with Crippen molar-refractivity contribution >= 4 is 34.9 Å². The van der Waals surface area contributed by atoms with Crippen molar-refractivity contribution in [3.63, 3.8) is 0 Å². The zero-order valence-electron chi connectivity index (χ0n) is 15.1. The lowest BCUT2D eigenvalue weighted by molar-refractivity contribution is -0.138. The molecular weight excluding hydrogens is 378 g/mol. The fourth-order valence-electron chi connectivity index (χ4n) is 3.51. The molecule has 2 fully saturated rings. The maximum absolute atomic E-state index is 13.0. The number of thioether (sulfide) groups is 1. The summed E-state index contributed by atoms with van der Waals surface area (Å²) in [5.41, 5.74) is 0.974. The standard InChI is InChI=1S/C20H19N3O4S/c24-18(22-9-2-1-7-16(22)14-5-3-8-21-12-14)13-23-19(25)17(28-20(23)26)11-15-6-4-10-27-15/h3-6,8,10-12,16H,1-2,7,9,13H2/b17-11-. The van der Waals surface area contributed by atoms with Crippen LogP contribution in [0.2, 0.25) is 0 Å². The number of hydrogen-bond donors (Lipinski definition) is 0. The number of aromatic nitrogens is 1. The maximum Gasteiger partial charge on any atom is 0.294 e. The minimum Gasteiger partial charge on any atom is -0.465 e. The van der Waals surface area contributed by atoms with Gasteiger partial charge in [0.1, 0.15) is 12.3 Å². The molecule has 1 unspecified atom stereocenters. The molecule has 0 N–H and O–H groups in total. The van der Waals surface area contributed by atoms with Gasteiger partial charge < -0.3 is 9.32 Å². The Balaban J connectivity index is 1.49. The predicted molar refractivity (Wildman–Crippen MR) is 104 cm³/mol. The Kier molecular flexibility index (Phi) is 5.29. The smallest absolute Gasteiger partial charge is 0.294 e. The lowest BCUT2D eigenvalue weighted by atomic mass is 9.96. The van der Waals surface area contributed by atoms with Crippen molar-refractivity contribution in [2.75, 3.05) is 13.1 Å². The van der Waals surface area contributed by atoms with Gasteiger partial charge in [0.25, 0.3) is 11.1 Å². The van der Waals surface area contributed by atoms with Crippen LogP contribution in [-0.2, 0) is 9.59 Å². The monoisotopic (exact) mass is 397 g/mol. The largest absolute Gasteiger partial charge is 0.465 e. The highest BCUT2D eigenvalue weighted by Crippen LogP contribution is 2.34. The van der Waals surface area contributed by atoms with Crippen LogP contribution in [0.15, 0.2) is 52.2 Å². The third-order valence-corrected chi connectivity index (χ3v) is 5.78. The number of hydrogen-bond acceptors (Lipinski definition) is 6. The van der Waals surface area contributed by atoms with Gasteiger partial charge in [0.2, 0.25) is 5.91 Å². The zero-order valence-corrected chi connectivity index (χ0v) is 15.9. The topological polar surface area (TPSA) is 83.7 Å². The van der Waals surface area contributed by atoms with E-state index in [-0.39, 0.29) is 23.4 Å². The van der Waals surface area contributed by atoms with Crippen LogP contribution in [0.4, 0.5) is 4.79 Å². The number of carbonyl (C=O) groups is 3. The van der Waals surface area contributed by atoms with Crippen LogP contribution in [0.1, 0.15) is 36.6 Å². The van der Waals surface area contributed by atoms with E-state index in [4.69, 9.17) is 4.42 Å². The first-order chi connectivity index (χ1) is 13.6. The Morgan fingerprint density at radius 3 is 2.93 bits per heavy atom. The van der Waals surface area contributed by atoms with Crippen molar-refractivity contribution in [2.45, 2.75) is 25.3 Å². The first-order valence-electron chi connectivity index (χ1n) is 9.12. The van der Waals surface area contributed by atoms with Crippen molar-refractivity contribution in [3.05, 3.63) is 59.2 Å². The fraction of sp³-hybridized carbons (Fsp3) is 0.300. The molecule has 2 saturated heterocycles. The number of likely N-dealkylation sites (tertiary alicyclic amines) is 1. The maximum atomic E-state index is 13.0. The molecule has 2 aliphatic rings. The van der Waals surface area contributed by atoms with E-state index in [1.54, 1.807) is 29.4 Å². The summed E-state index contributed by atoms with van der Waals surface area (Å²) in [4.78, 5) is 45.1. The Morgan fingerprint density at radius 1 is 1.29 bits per heavy atom. The normalized spacial score (nSPS) is 21.6. The van der Waals surface area contributed by atoms with Crippen molar-refractivity contribution in [1.82, 2.24) is 14.8 Å². The molecule has 0 spiro atoms. The molecule has 2 aromatic heterocycles. The summed E-state index contributed by atoms with van der Waals surface area (Å²) in [6, 6.07) is 7.13. The Morgan fingerprint density at radius 2 is 2.18 bits per heavy atom. The Labute approximate surface area is 166 Å². The molecule has 3 amide bonds. The van der Waals surface area contributed by atoms with Gasteiger partial charge in [0.15, 0.2) is 0 Å². The second-order valence-corrected chi connectivity index (χ2v) is 7.66. The summed E-state index contributed by atoms with van der Waals surface area (Å²) in [6.45, 7) is 0.355. The number of imide groups is 1. The molecule has 0 saturated carbocycles. The highest BCUT2D eigenvalue weighted by atomic mass is 32.2. The van der Waals surface area contributed by atoms with Gasteiger partial charge in [0, 0.05) is 25.0 Å². The van der Waals surface area contributed by atoms with E-state index in [9.17, 15) is 14.4 Å². The molecule has 28 heavy (non-hydrogen) atoms. The van der Waals surface area contributed by atoms with Crippen LogP contribution in [0.5, 0.6) is 0 Å². The molecule has 4 rings (SSSR count). The third-order valence-electron chi connectivity index (χ3n) is 4.88. The Hall–Kier alpha value is -2.87. The average Bonchev–Trinajstić information content (AvgIpc) is 3.33. The molecule has 0 aromatic carbocycles. The summed E-state index contributed by atoms with van der Waals surface area (Å²) >= 11 is 0.824. The molecule has 2 aromatic rings. The quantitative estimate of drug-likeness (QED) is 0.735. The van der Waals surface area contributed by atoms with E-state index in [1.165, 1.54) is 12.3 Å². The predicted octanol–water partition coefficient (Wildman–Crippen LogP) is 3.46. The minimum atomic E-state index is -0.463. The highest BCUT2D eigenvalue weighted by Gasteiger charge is 2.38. The van der Waals surface area contributed by atoms with Gasteiger partial charge in [-0.1, -0.05) is 6.07 Å². The number of pyridine rings is 1. The van der Waals surface area contributed by atoms with Crippen molar-refractivity contribution < 1.29 is 18.8 Å².